The van der Waals surface area contributed by atoms with Gasteiger partial charge in [-0.3, -0.25) is 24.1 Å². The number of aliphatic hydroxyl groups excluding tert-OH is 2. The number of likely N-dealkylation sites (N-methyl/N-ethyl adjacent to an activating group) is 1. The molecule has 4 rings (SSSR count). The van der Waals surface area contributed by atoms with E-state index in [0.717, 1.165) is 0 Å². The number of carbonyl (C=O) groups excluding carboxylic acids is 4. The largest absolute Gasteiger partial charge is 0.508 e. The van der Waals surface area contributed by atoms with E-state index in [1.807, 2.05) is 22.6 Å². The van der Waals surface area contributed by atoms with Crippen molar-refractivity contribution in [2.75, 3.05) is 14.1 Å². The lowest BCUT2D eigenvalue weighted by molar-refractivity contribution is -0.153. The van der Waals surface area contributed by atoms with Crippen molar-refractivity contribution in [3.8, 4) is 5.75 Å². The Morgan fingerprint density at radius 3 is 2.40 bits per heavy atom. The zero-order valence-corrected chi connectivity index (χ0v) is 21.4. The van der Waals surface area contributed by atoms with Crippen molar-refractivity contribution in [1.82, 2.24) is 4.90 Å². The van der Waals surface area contributed by atoms with Gasteiger partial charge in [-0.15, -0.1) is 0 Å². The van der Waals surface area contributed by atoms with Crippen LogP contribution in [0.25, 0.3) is 5.76 Å². The molecule has 1 amide bonds. The molecular weight excluding hydrogens is 571 g/mol. The van der Waals surface area contributed by atoms with Gasteiger partial charge in [0.25, 0.3) is 5.91 Å². The number of amides is 1. The fourth-order valence-electron chi connectivity index (χ4n) is 5.72. The third-order valence-corrected chi connectivity index (χ3v) is 8.15. The van der Waals surface area contributed by atoms with Crippen molar-refractivity contribution < 1.29 is 39.6 Å². The maximum atomic E-state index is 13.8. The molecule has 10 nitrogen and oxygen atoms in total. The van der Waals surface area contributed by atoms with Gasteiger partial charge in [0.15, 0.2) is 11.4 Å². The first-order valence-electron chi connectivity index (χ1n) is 10.9. The number of aliphatic hydroxyl groups is 3. The monoisotopic (exact) mass is 596 g/mol. The van der Waals surface area contributed by atoms with Crippen LogP contribution < -0.4 is 5.73 Å². The maximum Gasteiger partial charge on any atom is 0.255 e. The summed E-state index contributed by atoms with van der Waals surface area (Å²) in [5.41, 5.74) is 2.40. The second-order valence-corrected chi connectivity index (χ2v) is 10.7. The number of ketones is 3. The van der Waals surface area contributed by atoms with Gasteiger partial charge < -0.3 is 26.2 Å². The van der Waals surface area contributed by atoms with Crippen LogP contribution in [0.15, 0.2) is 23.0 Å². The molecule has 0 radical (unpaired) electrons. The number of nitrogens with zero attached hydrogens (tertiary/aromatic N) is 1. The summed E-state index contributed by atoms with van der Waals surface area (Å²) in [5.74, 6) is -7.15. The molecule has 1 fully saturated rings. The standard InChI is InChI=1S/C24H25IN2O8/c1-8(28)4-10-7-13(25)11-5-9-6-12-17(27(2)3)20(31)16(23(26)34)22(33)24(12,35)21(32)14(9)19(30)15(11)18(10)29/h7,9,12,17,29-30,33,35H,4-6H2,1-3H3,(H2,26,34)/t9-,12-,17-,24-/m0/s1. The number of Topliss-reactive ketones (excluding diaryl/α,β-unsaturated/α-hetero) is 3. The molecule has 4 atom stereocenters. The summed E-state index contributed by atoms with van der Waals surface area (Å²) >= 11 is 2.03. The van der Waals surface area contributed by atoms with Gasteiger partial charge in [-0.25, -0.2) is 0 Å². The Hall–Kier alpha value is -2.77. The number of phenols is 1. The third-order valence-electron chi connectivity index (χ3n) is 7.18. The first kappa shape index (κ1) is 25.3. The highest BCUT2D eigenvalue weighted by atomic mass is 127. The van der Waals surface area contributed by atoms with Gasteiger partial charge in [0.05, 0.1) is 11.6 Å². The normalized spacial score (nSPS) is 28.1. The molecule has 3 aliphatic carbocycles. The number of phenolic OH excluding ortho intramolecular Hbond substituents is 1. The maximum absolute atomic E-state index is 13.8. The molecule has 1 aromatic rings. The second kappa shape index (κ2) is 8.42. The SMILES string of the molecule is CC(=O)Cc1cc(I)c2c(c1O)C(O)=C1C(=O)[C@]3(O)C(O)=C(C(N)=O)C(=O)[C@@H](N(C)C)[C@@H]3C[C@@H]1C2. The summed E-state index contributed by atoms with van der Waals surface area (Å²) < 4.78 is 0.674. The van der Waals surface area contributed by atoms with Gasteiger partial charge in [0.2, 0.25) is 5.78 Å². The number of nitrogens with two attached hydrogens (primary N) is 1. The molecule has 11 heteroatoms. The van der Waals surface area contributed by atoms with Crippen LogP contribution in [0, 0.1) is 15.4 Å². The predicted octanol–water partition coefficient (Wildman–Crippen LogP) is 0.700. The second-order valence-electron chi connectivity index (χ2n) is 9.56. The molecule has 35 heavy (non-hydrogen) atoms. The number of carbonyl (C=O) groups is 4. The fraction of sp³-hybridized carbons (Fsp3) is 0.417. The summed E-state index contributed by atoms with van der Waals surface area (Å²) in [6.45, 7) is 1.36. The van der Waals surface area contributed by atoms with E-state index in [1.165, 1.54) is 11.8 Å². The Balaban J connectivity index is 1.97. The first-order valence-corrected chi connectivity index (χ1v) is 12.0. The number of hydrogen-bond donors (Lipinski definition) is 5. The van der Waals surface area contributed by atoms with E-state index in [1.54, 1.807) is 20.2 Å². The molecule has 1 aromatic carbocycles. The molecule has 0 unspecified atom stereocenters. The van der Waals surface area contributed by atoms with Gasteiger partial charge in [0.1, 0.15) is 28.6 Å². The molecule has 6 N–H and O–H groups in total. The highest BCUT2D eigenvalue weighted by Gasteiger charge is 2.64. The Labute approximate surface area is 214 Å². The number of fused-ring (bicyclic) bond motifs is 3. The quantitative estimate of drug-likeness (QED) is 0.247. The first-order chi connectivity index (χ1) is 16.2. The van der Waals surface area contributed by atoms with E-state index in [2.05, 4.69) is 0 Å². The summed E-state index contributed by atoms with van der Waals surface area (Å²) in [5, 5.41) is 44.5. The van der Waals surface area contributed by atoms with Crippen molar-refractivity contribution in [3.63, 3.8) is 0 Å². The van der Waals surface area contributed by atoms with Gasteiger partial charge in [-0.1, -0.05) is 0 Å². The highest BCUT2D eigenvalue weighted by molar-refractivity contribution is 14.1. The minimum Gasteiger partial charge on any atom is -0.508 e. The number of aromatic hydroxyl groups is 1. The molecule has 0 aliphatic heterocycles. The summed E-state index contributed by atoms with van der Waals surface area (Å²) in [6.07, 6.45) is 0.151. The van der Waals surface area contributed by atoms with Crippen molar-refractivity contribution in [2.24, 2.45) is 17.6 Å². The Kier molecular flexibility index (Phi) is 6.09. The molecule has 3 aliphatic rings. The lowest BCUT2D eigenvalue weighted by atomic mass is 9.57. The van der Waals surface area contributed by atoms with Crippen LogP contribution in [0.3, 0.4) is 0 Å². The Morgan fingerprint density at radius 1 is 1.23 bits per heavy atom. The van der Waals surface area contributed by atoms with Gasteiger partial charge in [0, 0.05) is 27.0 Å². The van der Waals surface area contributed by atoms with Gasteiger partial charge >= 0.3 is 0 Å². The molecule has 0 heterocycles. The minimum atomic E-state index is -2.68. The van der Waals surface area contributed by atoms with Crippen LogP contribution >= 0.6 is 22.6 Å². The molecular formula is C24H25IN2O8. The molecule has 0 bridgehead atoms. The highest BCUT2D eigenvalue weighted by Crippen LogP contribution is 2.53. The topological polar surface area (TPSA) is 178 Å². The Morgan fingerprint density at radius 2 is 1.86 bits per heavy atom. The van der Waals surface area contributed by atoms with Gasteiger partial charge in [-0.2, -0.15) is 0 Å². The Bertz CT molecular complexity index is 1280. The number of primary amides is 1. The van der Waals surface area contributed by atoms with E-state index in [-0.39, 0.29) is 47.5 Å². The molecule has 0 saturated heterocycles. The molecule has 1 saturated carbocycles. The summed E-state index contributed by atoms with van der Waals surface area (Å²) in [7, 11) is 3.09. The number of halogens is 1. The lowest BCUT2D eigenvalue weighted by Crippen LogP contribution is -2.65. The molecule has 0 spiro atoms. The van der Waals surface area contributed by atoms with Crippen LogP contribution in [0.4, 0.5) is 0 Å². The summed E-state index contributed by atoms with van der Waals surface area (Å²) in [6, 6.07) is 0.522. The smallest absolute Gasteiger partial charge is 0.255 e. The van der Waals surface area contributed by atoms with Crippen molar-refractivity contribution in [3.05, 3.63) is 43.2 Å². The minimum absolute atomic E-state index is 0.00978. The van der Waals surface area contributed by atoms with Crippen LogP contribution in [-0.2, 0) is 32.0 Å². The zero-order valence-electron chi connectivity index (χ0n) is 19.3. The number of hydrogen-bond acceptors (Lipinski definition) is 9. The lowest BCUT2D eigenvalue weighted by Gasteiger charge is -2.50. The average Bonchev–Trinajstić information content (AvgIpc) is 2.73. The summed E-state index contributed by atoms with van der Waals surface area (Å²) in [4.78, 5) is 52.0. The third kappa shape index (κ3) is 3.51. The van der Waals surface area contributed by atoms with Crippen LogP contribution in [-0.4, -0.2) is 74.3 Å². The fourth-order valence-corrected chi connectivity index (χ4v) is 6.59. The van der Waals surface area contributed by atoms with E-state index < -0.39 is 58.0 Å². The van der Waals surface area contributed by atoms with Gasteiger partial charge in [-0.05, 0) is 74.0 Å². The van der Waals surface area contributed by atoms with Crippen LogP contribution in [0.5, 0.6) is 5.75 Å². The van der Waals surface area contributed by atoms with E-state index >= 15 is 0 Å². The molecule has 0 aromatic heterocycles. The number of benzene rings is 1. The van der Waals surface area contributed by atoms with E-state index in [4.69, 9.17) is 5.73 Å². The zero-order chi connectivity index (χ0) is 26.1. The van der Waals surface area contributed by atoms with E-state index in [9.17, 15) is 39.6 Å². The average molecular weight is 596 g/mol. The number of rotatable bonds is 4. The van der Waals surface area contributed by atoms with Crippen molar-refractivity contribution in [1.29, 1.82) is 0 Å². The van der Waals surface area contributed by atoms with Crippen LogP contribution in [0.1, 0.15) is 30.0 Å². The van der Waals surface area contributed by atoms with Crippen molar-refractivity contribution >= 4 is 51.6 Å². The van der Waals surface area contributed by atoms with Crippen LogP contribution in [0.2, 0.25) is 0 Å². The molecule has 186 valence electrons. The van der Waals surface area contributed by atoms with E-state index in [0.29, 0.717) is 9.13 Å². The predicted molar refractivity (Wildman–Crippen MR) is 131 cm³/mol. The van der Waals surface area contributed by atoms with Crippen molar-refractivity contribution in [2.45, 2.75) is 37.8 Å².